The molecule has 5 saturated heterocycles. The third-order valence-corrected chi connectivity index (χ3v) is 18.4. The van der Waals surface area contributed by atoms with Crippen LogP contribution in [0.1, 0.15) is 177 Å². The zero-order valence-electron chi connectivity index (χ0n) is 54.3. The summed E-state index contributed by atoms with van der Waals surface area (Å²) < 4.78 is 122. The van der Waals surface area contributed by atoms with Crippen LogP contribution in [0, 0.1) is 11.8 Å². The number of likely N-dealkylation sites (tertiary alicyclic amines) is 2. The van der Waals surface area contributed by atoms with E-state index in [4.69, 9.17) is 46.9 Å². The molecule has 28 heteroatoms. The number of amides is 2. The lowest BCUT2D eigenvalue weighted by molar-refractivity contribution is -0.153. The summed E-state index contributed by atoms with van der Waals surface area (Å²) in [6, 6.07) is -1.00. The maximum atomic E-state index is 13.0. The molecule has 0 bridgehead atoms. The van der Waals surface area contributed by atoms with Crippen molar-refractivity contribution in [3.8, 4) is 0 Å². The minimum atomic E-state index is -5.74. The van der Waals surface area contributed by atoms with Crippen LogP contribution >= 0.6 is 0 Å². The minimum Gasteiger partial charge on any atom is -0.465 e. The predicted octanol–water partition coefficient (Wildman–Crippen LogP) is 9.10. The van der Waals surface area contributed by atoms with Gasteiger partial charge in [-0.15, -0.1) is 0 Å². The van der Waals surface area contributed by atoms with Gasteiger partial charge in [0.1, 0.15) is 29.0 Å². The smallest absolute Gasteiger partial charge is 0.465 e. The largest absolute Gasteiger partial charge is 0.534 e. The second kappa shape index (κ2) is 27.2. The van der Waals surface area contributed by atoms with E-state index in [0.29, 0.717) is 52.2 Å². The summed E-state index contributed by atoms with van der Waals surface area (Å²) in [4.78, 5) is 57.8. The summed E-state index contributed by atoms with van der Waals surface area (Å²) in [6.07, 6.45) is 5.84. The summed E-state index contributed by atoms with van der Waals surface area (Å²) in [5.74, 6) is -0.979. The Hall–Kier alpha value is -3.63. The number of esters is 2. The standard InChI is InChI=1S/C25H43BN2O6.C20H31F3N2O7S.C12H24B2O4/c1-9-31-21(29)20(18-10-14-28(15-11-18)22(30)32-23(2,3)4)27-16-12-19(13-17-27)26-33-24(5,6)25(7,8)34-26;1-5-30-17(26)16(14-6-10-25(11-7-14)18(27)31-19(2,3)4)24-12-8-15(9-13-24)32-33(28,29)20(21,22)23;1-9(2)10(3,4)16-13(15-9)14-17-11(5,6)12(7,8)18-14/h12,18,20H,9-11,13-17H2,1-8H3;8,14,16H,5-7,9-13H2,1-4H3;1-8H3. The second-order valence-corrected chi connectivity index (χ2v) is 29.3. The molecule has 0 N–H and O–H groups in total. The van der Waals surface area contributed by atoms with Crippen LogP contribution in [0.2, 0.25) is 0 Å². The van der Waals surface area contributed by atoms with Gasteiger partial charge in [0.2, 0.25) is 0 Å². The number of carbonyl (C=O) groups is 4. The van der Waals surface area contributed by atoms with Crippen LogP contribution in [0.25, 0.3) is 0 Å². The Balaban J connectivity index is 0.000000244. The van der Waals surface area contributed by atoms with E-state index < -0.39 is 59.0 Å². The molecule has 2 amide bonds. The fraction of sp³-hybridized carbons (Fsp3) is 0.860. The highest BCUT2D eigenvalue weighted by atomic mass is 32.2. The highest BCUT2D eigenvalue weighted by Crippen LogP contribution is 2.44. The van der Waals surface area contributed by atoms with Gasteiger partial charge in [-0.3, -0.25) is 19.4 Å². The Bertz CT molecular complexity index is 2420. The Morgan fingerprint density at radius 3 is 1.16 bits per heavy atom. The SMILES string of the molecule is CC1(C)OB(B2OC(C)(C)C(C)(C)O2)OC1(C)C.CCOC(=O)C(C1CCN(C(=O)OC(C)(C)C)CC1)N1CC=C(B2OC(C)(C)C(C)(C)O2)CC1.CCOC(=O)C(C1CCN(C(=O)OC(C)(C)C)CC1)N1CC=C(OS(=O)(=O)C(F)(F)F)CC1. The van der Waals surface area contributed by atoms with Crippen molar-refractivity contribution in [1.29, 1.82) is 0 Å². The number of rotatable bonds is 12. The molecule has 7 aliphatic heterocycles. The van der Waals surface area contributed by atoms with E-state index in [9.17, 15) is 40.8 Å². The van der Waals surface area contributed by atoms with E-state index in [1.807, 2.05) is 83.1 Å². The van der Waals surface area contributed by atoms with Crippen molar-refractivity contribution in [2.75, 3.05) is 65.6 Å². The Labute approximate surface area is 505 Å². The maximum absolute atomic E-state index is 13.0. The first kappa shape index (κ1) is 72.1. The average molecular weight is 1230 g/mol. The maximum Gasteiger partial charge on any atom is 0.534 e. The van der Waals surface area contributed by atoms with Gasteiger partial charge in [-0.25, -0.2) is 9.59 Å². The Morgan fingerprint density at radius 1 is 0.553 bits per heavy atom. The summed E-state index contributed by atoms with van der Waals surface area (Å²) in [5.41, 5.74) is -7.70. The molecule has 21 nitrogen and oxygen atoms in total. The van der Waals surface area contributed by atoms with Gasteiger partial charge in [-0.05, 0) is 194 Å². The summed E-state index contributed by atoms with van der Waals surface area (Å²) in [7, 11) is -7.03. The molecule has 7 aliphatic rings. The predicted molar refractivity (Wildman–Crippen MR) is 315 cm³/mol. The quantitative estimate of drug-likeness (QED) is 0.0585. The second-order valence-electron chi connectivity index (χ2n) is 27.8. The van der Waals surface area contributed by atoms with Gasteiger partial charge >= 0.3 is 60.9 Å². The van der Waals surface area contributed by atoms with Crippen LogP contribution in [0.3, 0.4) is 0 Å². The van der Waals surface area contributed by atoms with Crippen LogP contribution in [-0.2, 0) is 70.8 Å². The lowest BCUT2D eigenvalue weighted by Gasteiger charge is -2.41. The van der Waals surface area contributed by atoms with Crippen molar-refractivity contribution in [2.45, 2.75) is 239 Å². The van der Waals surface area contributed by atoms with Gasteiger partial charge < -0.3 is 60.9 Å². The monoisotopic (exact) mass is 1230 g/mol. The number of carbonyl (C=O) groups excluding carboxylic acids is 4. The molecule has 0 saturated carbocycles. The van der Waals surface area contributed by atoms with Gasteiger partial charge in [0.05, 0.1) is 46.8 Å². The van der Waals surface area contributed by atoms with Crippen LogP contribution in [0.4, 0.5) is 22.8 Å². The van der Waals surface area contributed by atoms with Crippen LogP contribution < -0.4 is 0 Å². The molecule has 85 heavy (non-hydrogen) atoms. The Kier molecular flexibility index (Phi) is 23.1. The van der Waals surface area contributed by atoms with Crippen molar-refractivity contribution < 1.29 is 91.8 Å². The fourth-order valence-electron chi connectivity index (χ4n) is 10.5. The first-order valence-electron chi connectivity index (χ1n) is 30.0. The third kappa shape index (κ3) is 18.5. The highest BCUT2D eigenvalue weighted by Gasteiger charge is 2.64. The summed E-state index contributed by atoms with van der Waals surface area (Å²) in [5, 5.41) is 0. The molecule has 0 spiro atoms. The minimum absolute atomic E-state index is 0.0263. The van der Waals surface area contributed by atoms with E-state index in [1.165, 1.54) is 6.08 Å². The number of alkyl halides is 3. The summed E-state index contributed by atoms with van der Waals surface area (Å²) in [6.45, 7) is 42.9. The van der Waals surface area contributed by atoms with E-state index in [-0.39, 0.29) is 103 Å². The molecule has 484 valence electrons. The lowest BCUT2D eigenvalue weighted by Crippen LogP contribution is -2.53. The van der Waals surface area contributed by atoms with Crippen molar-refractivity contribution in [2.24, 2.45) is 11.8 Å². The van der Waals surface area contributed by atoms with Gasteiger partial charge in [0, 0.05) is 58.8 Å². The number of piperidine rings is 2. The van der Waals surface area contributed by atoms with Crippen molar-refractivity contribution in [3.05, 3.63) is 23.4 Å². The molecule has 0 aromatic rings. The molecular weight excluding hydrogens is 1130 g/mol. The van der Waals surface area contributed by atoms with E-state index >= 15 is 0 Å². The lowest BCUT2D eigenvalue weighted by atomic mass is 9.49. The van der Waals surface area contributed by atoms with Crippen LogP contribution in [0.15, 0.2) is 23.4 Å². The molecule has 7 heterocycles. The zero-order chi connectivity index (χ0) is 64.3. The fourth-order valence-corrected chi connectivity index (χ4v) is 11.1. The average Bonchev–Trinajstić information content (AvgIpc) is 1.79. The molecule has 7 rings (SSSR count). The number of halogens is 3. The van der Waals surface area contributed by atoms with Gasteiger partial charge in [-0.1, -0.05) is 6.08 Å². The molecule has 2 unspecified atom stereocenters. The first-order chi connectivity index (χ1) is 38.8. The molecule has 0 aliphatic carbocycles. The van der Waals surface area contributed by atoms with E-state index in [1.54, 1.807) is 42.4 Å². The third-order valence-electron chi connectivity index (χ3n) is 17.4. The van der Waals surface area contributed by atoms with Gasteiger partial charge in [0.25, 0.3) is 0 Å². The number of hydrogen-bond donors (Lipinski definition) is 0. The molecule has 5 fully saturated rings. The molecule has 2 atom stereocenters. The number of nitrogens with zero attached hydrogens (tertiary/aromatic N) is 4. The van der Waals surface area contributed by atoms with Crippen molar-refractivity contribution in [3.63, 3.8) is 0 Å². The van der Waals surface area contributed by atoms with Gasteiger partial charge in [0.15, 0.2) is 0 Å². The van der Waals surface area contributed by atoms with Crippen molar-refractivity contribution >= 4 is 55.4 Å². The molecule has 0 aromatic heterocycles. The number of ether oxygens (including phenoxy) is 4. The summed E-state index contributed by atoms with van der Waals surface area (Å²) >= 11 is 0. The van der Waals surface area contributed by atoms with Gasteiger partial charge in [-0.2, -0.15) is 21.6 Å². The van der Waals surface area contributed by atoms with Crippen LogP contribution in [-0.4, -0.2) is 201 Å². The highest BCUT2D eigenvalue weighted by molar-refractivity contribution is 7.87. The topological polar surface area (TPSA) is 217 Å². The zero-order valence-corrected chi connectivity index (χ0v) is 55.1. The molecular formula is C57H98B3F3N4O17S. The molecule has 0 aromatic carbocycles. The molecule has 0 radical (unpaired) electrons. The first-order valence-corrected chi connectivity index (χ1v) is 31.4. The normalized spacial score (nSPS) is 24.4. The number of hydrogen-bond acceptors (Lipinski definition) is 19. The van der Waals surface area contributed by atoms with E-state index in [0.717, 1.165) is 31.3 Å². The Morgan fingerprint density at radius 2 is 0.882 bits per heavy atom. The van der Waals surface area contributed by atoms with E-state index in [2.05, 4.69) is 42.9 Å². The van der Waals surface area contributed by atoms with Crippen LogP contribution in [0.5, 0.6) is 0 Å². The van der Waals surface area contributed by atoms with Crippen molar-refractivity contribution in [1.82, 2.24) is 19.6 Å².